The molecule has 5 N–H and O–H groups in total. The predicted octanol–water partition coefficient (Wildman–Crippen LogP) is 2.04. The summed E-state index contributed by atoms with van der Waals surface area (Å²) in [7, 11) is 0. The first kappa shape index (κ1) is 15.8. The minimum absolute atomic E-state index is 0.314. The number of aromatic nitrogens is 4. The SMILES string of the molecule is Cc1nnc(-c2cnc(Nc3ccc(C(N)=O)c(C)c3)nc2N)s1. The van der Waals surface area contributed by atoms with Crippen molar-refractivity contribution in [1.82, 2.24) is 20.2 Å². The number of hydrogen-bond acceptors (Lipinski definition) is 8. The number of aryl methyl sites for hydroxylation is 2. The number of anilines is 3. The Morgan fingerprint density at radius 1 is 1.25 bits per heavy atom. The van der Waals surface area contributed by atoms with Gasteiger partial charge in [-0.3, -0.25) is 4.79 Å². The molecule has 0 spiro atoms. The second-order valence-corrected chi connectivity index (χ2v) is 6.32. The Balaban J connectivity index is 1.85. The number of primary amides is 1. The summed E-state index contributed by atoms with van der Waals surface area (Å²) in [6.45, 7) is 3.67. The third kappa shape index (κ3) is 3.15. The van der Waals surface area contributed by atoms with Gasteiger partial charge >= 0.3 is 0 Å². The summed E-state index contributed by atoms with van der Waals surface area (Å²) in [5.41, 5.74) is 13.9. The molecule has 3 aromatic rings. The van der Waals surface area contributed by atoms with Gasteiger partial charge in [0.25, 0.3) is 0 Å². The first-order valence-electron chi connectivity index (χ1n) is 7.04. The van der Waals surface area contributed by atoms with E-state index in [2.05, 4.69) is 25.5 Å². The van der Waals surface area contributed by atoms with E-state index in [0.29, 0.717) is 27.9 Å². The zero-order valence-corrected chi connectivity index (χ0v) is 13.9. The largest absolute Gasteiger partial charge is 0.383 e. The van der Waals surface area contributed by atoms with Gasteiger partial charge in [0, 0.05) is 17.4 Å². The predicted molar refractivity (Wildman–Crippen MR) is 93.1 cm³/mol. The van der Waals surface area contributed by atoms with Crippen molar-refractivity contribution >= 4 is 34.7 Å². The topological polar surface area (TPSA) is 133 Å². The lowest BCUT2D eigenvalue weighted by molar-refractivity contribution is 0.1000. The zero-order valence-electron chi connectivity index (χ0n) is 13.1. The van der Waals surface area contributed by atoms with Crippen LogP contribution < -0.4 is 16.8 Å². The Kier molecular flexibility index (Phi) is 4.09. The van der Waals surface area contributed by atoms with E-state index in [4.69, 9.17) is 11.5 Å². The van der Waals surface area contributed by atoms with Crippen LogP contribution in [0.5, 0.6) is 0 Å². The molecule has 0 aliphatic rings. The molecule has 8 nitrogen and oxygen atoms in total. The number of nitrogens with zero attached hydrogens (tertiary/aromatic N) is 4. The highest BCUT2D eigenvalue weighted by Gasteiger charge is 2.12. The number of amides is 1. The van der Waals surface area contributed by atoms with Crippen LogP contribution in [0.2, 0.25) is 0 Å². The summed E-state index contributed by atoms with van der Waals surface area (Å²) < 4.78 is 0. The highest BCUT2D eigenvalue weighted by molar-refractivity contribution is 7.14. The van der Waals surface area contributed by atoms with Crippen LogP contribution in [0.4, 0.5) is 17.5 Å². The fourth-order valence-corrected chi connectivity index (χ4v) is 2.88. The van der Waals surface area contributed by atoms with Crippen LogP contribution in [0.1, 0.15) is 20.9 Å². The fourth-order valence-electron chi connectivity index (χ4n) is 2.17. The number of benzene rings is 1. The minimum atomic E-state index is -0.462. The number of rotatable bonds is 4. The number of nitrogens with one attached hydrogen (secondary N) is 1. The summed E-state index contributed by atoms with van der Waals surface area (Å²) in [5, 5.41) is 12.6. The van der Waals surface area contributed by atoms with Crippen LogP contribution in [-0.4, -0.2) is 26.1 Å². The van der Waals surface area contributed by atoms with Crippen LogP contribution >= 0.6 is 11.3 Å². The quantitative estimate of drug-likeness (QED) is 0.661. The summed E-state index contributed by atoms with van der Waals surface area (Å²) >= 11 is 1.42. The van der Waals surface area contributed by atoms with Crippen molar-refractivity contribution in [1.29, 1.82) is 0 Å². The molecule has 0 saturated carbocycles. The molecule has 0 unspecified atom stereocenters. The van der Waals surface area contributed by atoms with Gasteiger partial charge in [0.1, 0.15) is 10.8 Å². The summed E-state index contributed by atoms with van der Waals surface area (Å²) in [5.74, 6) is 0.203. The van der Waals surface area contributed by atoms with E-state index < -0.39 is 5.91 Å². The van der Waals surface area contributed by atoms with Gasteiger partial charge in [0.2, 0.25) is 11.9 Å². The summed E-state index contributed by atoms with van der Waals surface area (Å²) in [6, 6.07) is 5.18. The van der Waals surface area contributed by atoms with Crippen LogP contribution in [0, 0.1) is 13.8 Å². The second-order valence-electron chi connectivity index (χ2n) is 5.14. The Morgan fingerprint density at radius 3 is 2.62 bits per heavy atom. The molecular formula is C15H15N7OS. The van der Waals surface area contributed by atoms with Gasteiger partial charge in [-0.25, -0.2) is 4.98 Å². The summed E-state index contributed by atoms with van der Waals surface area (Å²) in [6.07, 6.45) is 1.61. The van der Waals surface area contributed by atoms with E-state index in [0.717, 1.165) is 16.3 Å². The molecule has 0 aliphatic heterocycles. The van der Waals surface area contributed by atoms with Crippen molar-refractivity contribution in [3.63, 3.8) is 0 Å². The average molecular weight is 341 g/mol. The lowest BCUT2D eigenvalue weighted by atomic mass is 10.1. The van der Waals surface area contributed by atoms with E-state index in [9.17, 15) is 4.79 Å². The number of hydrogen-bond donors (Lipinski definition) is 3. The van der Waals surface area contributed by atoms with Crippen molar-refractivity contribution in [3.05, 3.63) is 40.5 Å². The normalized spacial score (nSPS) is 10.6. The van der Waals surface area contributed by atoms with Gasteiger partial charge in [-0.1, -0.05) is 11.3 Å². The van der Waals surface area contributed by atoms with Crippen molar-refractivity contribution in [2.75, 3.05) is 11.1 Å². The van der Waals surface area contributed by atoms with Crippen molar-refractivity contribution in [2.45, 2.75) is 13.8 Å². The van der Waals surface area contributed by atoms with E-state index in [1.807, 2.05) is 6.92 Å². The van der Waals surface area contributed by atoms with Crippen LogP contribution in [0.15, 0.2) is 24.4 Å². The van der Waals surface area contributed by atoms with Gasteiger partial charge in [-0.2, -0.15) is 4.98 Å². The smallest absolute Gasteiger partial charge is 0.248 e. The Labute approximate surface area is 142 Å². The van der Waals surface area contributed by atoms with E-state index in [1.165, 1.54) is 11.3 Å². The van der Waals surface area contributed by atoms with Gasteiger partial charge in [0.15, 0.2) is 5.01 Å². The van der Waals surface area contributed by atoms with Crippen LogP contribution in [0.25, 0.3) is 10.6 Å². The second kappa shape index (κ2) is 6.20. The number of nitrogen functional groups attached to an aromatic ring is 1. The Morgan fingerprint density at radius 2 is 2.04 bits per heavy atom. The molecule has 122 valence electrons. The molecule has 0 fully saturated rings. The number of carbonyl (C=O) groups excluding carboxylic acids is 1. The molecular weight excluding hydrogens is 326 g/mol. The van der Waals surface area contributed by atoms with Crippen molar-refractivity contribution < 1.29 is 4.79 Å². The highest BCUT2D eigenvalue weighted by Crippen LogP contribution is 2.28. The Hall–Kier alpha value is -3.07. The lowest BCUT2D eigenvalue weighted by Gasteiger charge is -2.09. The molecule has 9 heteroatoms. The van der Waals surface area contributed by atoms with Gasteiger partial charge in [0.05, 0.1) is 5.56 Å². The van der Waals surface area contributed by atoms with Gasteiger partial charge in [-0.05, 0) is 37.6 Å². The van der Waals surface area contributed by atoms with Crippen molar-refractivity contribution in [3.8, 4) is 10.6 Å². The van der Waals surface area contributed by atoms with E-state index in [1.54, 1.807) is 31.3 Å². The molecule has 0 atom stereocenters. The first-order chi connectivity index (χ1) is 11.4. The van der Waals surface area contributed by atoms with Gasteiger partial charge < -0.3 is 16.8 Å². The lowest BCUT2D eigenvalue weighted by Crippen LogP contribution is -2.12. The highest BCUT2D eigenvalue weighted by atomic mass is 32.1. The monoisotopic (exact) mass is 341 g/mol. The maximum Gasteiger partial charge on any atom is 0.248 e. The summed E-state index contributed by atoms with van der Waals surface area (Å²) in [4.78, 5) is 19.8. The van der Waals surface area contributed by atoms with E-state index >= 15 is 0 Å². The molecule has 3 rings (SSSR count). The van der Waals surface area contributed by atoms with E-state index in [-0.39, 0.29) is 0 Å². The maximum absolute atomic E-state index is 11.3. The van der Waals surface area contributed by atoms with Gasteiger partial charge in [-0.15, -0.1) is 10.2 Å². The third-order valence-electron chi connectivity index (χ3n) is 3.32. The standard InChI is InChI=1S/C15H15N7OS/c1-7-5-9(3-4-10(7)13(17)23)19-15-18-6-11(12(16)20-15)14-22-21-8(2)24-14/h3-6H,1-2H3,(H2,17,23)(H3,16,18,19,20). The van der Waals surface area contributed by atoms with Crippen LogP contribution in [-0.2, 0) is 0 Å². The molecule has 2 aromatic heterocycles. The first-order valence-corrected chi connectivity index (χ1v) is 7.86. The fraction of sp³-hybridized carbons (Fsp3) is 0.133. The van der Waals surface area contributed by atoms with Crippen molar-refractivity contribution in [2.24, 2.45) is 5.73 Å². The average Bonchev–Trinajstić information content (AvgIpc) is 2.93. The molecule has 2 heterocycles. The molecule has 24 heavy (non-hydrogen) atoms. The minimum Gasteiger partial charge on any atom is -0.383 e. The molecule has 1 aromatic carbocycles. The maximum atomic E-state index is 11.3. The number of carbonyl (C=O) groups is 1. The molecule has 1 amide bonds. The number of nitrogens with two attached hydrogens (primary N) is 2. The zero-order chi connectivity index (χ0) is 17.3. The Bertz CT molecular complexity index is 922. The molecule has 0 radical (unpaired) electrons. The third-order valence-corrected chi connectivity index (χ3v) is 4.19. The van der Waals surface area contributed by atoms with Crippen LogP contribution in [0.3, 0.4) is 0 Å². The molecule has 0 bridgehead atoms. The molecule has 0 saturated heterocycles. The molecule has 0 aliphatic carbocycles.